The Labute approximate surface area is 188 Å². The van der Waals surface area contributed by atoms with E-state index in [-0.39, 0.29) is 13.1 Å². The summed E-state index contributed by atoms with van der Waals surface area (Å²) in [5, 5.41) is 3.99. The van der Waals surface area contributed by atoms with Gasteiger partial charge in [0.1, 0.15) is 11.9 Å². The topological polar surface area (TPSA) is 77.2 Å². The van der Waals surface area contributed by atoms with Crippen LogP contribution in [0, 0.1) is 11.7 Å². The monoisotopic (exact) mass is 471 g/mol. The summed E-state index contributed by atoms with van der Waals surface area (Å²) in [5.74, 6) is -1.45. The van der Waals surface area contributed by atoms with Gasteiger partial charge in [-0.3, -0.25) is 14.7 Å². The zero-order valence-electron chi connectivity index (χ0n) is 17.2. The van der Waals surface area contributed by atoms with E-state index in [1.54, 1.807) is 12.1 Å². The number of cyclic esters (lactones) is 1. The van der Waals surface area contributed by atoms with Crippen molar-refractivity contribution in [3.63, 3.8) is 0 Å². The van der Waals surface area contributed by atoms with Gasteiger partial charge in [-0.25, -0.2) is 14.6 Å². The van der Waals surface area contributed by atoms with E-state index >= 15 is 0 Å². The van der Waals surface area contributed by atoms with E-state index in [1.807, 2.05) is 15.2 Å². The standard InChI is InChI=1S/C20H24F3N5O3S/c21-15-9-13(27-11-14(31-20(27)30)10-24-18(29)17(22)23)3-4-16(15)26-6-5-25-28(8-7-26)19(32)12-1-2-12/h3-4,9,12,14,17,25H,1-2,5-8,10-11H2,(H,24,29)/t14-/m0/s1. The number of halogens is 3. The summed E-state index contributed by atoms with van der Waals surface area (Å²) in [7, 11) is 0. The van der Waals surface area contributed by atoms with Crippen molar-refractivity contribution in [2.75, 3.05) is 49.1 Å². The van der Waals surface area contributed by atoms with Crippen LogP contribution < -0.4 is 20.5 Å². The molecule has 0 unspecified atom stereocenters. The van der Waals surface area contributed by atoms with E-state index in [2.05, 4.69) is 5.43 Å². The first-order chi connectivity index (χ1) is 15.3. The van der Waals surface area contributed by atoms with Gasteiger partial charge in [-0.05, 0) is 31.0 Å². The molecule has 0 spiro atoms. The number of amides is 2. The molecule has 2 N–H and O–H groups in total. The first-order valence-corrected chi connectivity index (χ1v) is 10.9. The van der Waals surface area contributed by atoms with Crippen molar-refractivity contribution < 1.29 is 27.5 Å². The lowest BCUT2D eigenvalue weighted by atomic mass is 10.2. The highest BCUT2D eigenvalue weighted by atomic mass is 32.1. The molecule has 1 aliphatic carbocycles. The Morgan fingerprint density at radius 2 is 2.06 bits per heavy atom. The van der Waals surface area contributed by atoms with Gasteiger partial charge < -0.3 is 15.0 Å². The van der Waals surface area contributed by atoms with Crippen molar-refractivity contribution >= 4 is 40.6 Å². The van der Waals surface area contributed by atoms with Gasteiger partial charge in [-0.15, -0.1) is 0 Å². The summed E-state index contributed by atoms with van der Waals surface area (Å²) in [6.45, 7) is 2.22. The van der Waals surface area contributed by atoms with Gasteiger partial charge in [-0.1, -0.05) is 12.2 Å². The number of ether oxygens (including phenoxy) is 1. The summed E-state index contributed by atoms with van der Waals surface area (Å²) in [6, 6.07) is 4.48. The Balaban J connectivity index is 1.37. The van der Waals surface area contributed by atoms with Gasteiger partial charge in [0, 0.05) is 25.6 Å². The van der Waals surface area contributed by atoms with Gasteiger partial charge in [0.2, 0.25) is 0 Å². The third-order valence-corrected chi connectivity index (χ3v) is 6.18. The fourth-order valence-electron chi connectivity index (χ4n) is 3.76. The number of carbonyl (C=O) groups is 2. The zero-order chi connectivity index (χ0) is 22.8. The molecule has 1 atom stereocenters. The third kappa shape index (κ3) is 5.07. The van der Waals surface area contributed by atoms with Crippen molar-refractivity contribution in [3.8, 4) is 0 Å². The molecule has 1 aromatic rings. The summed E-state index contributed by atoms with van der Waals surface area (Å²) >= 11 is 5.51. The van der Waals surface area contributed by atoms with Crippen molar-refractivity contribution in [2.45, 2.75) is 25.4 Å². The molecular weight excluding hydrogens is 447 g/mol. The van der Waals surface area contributed by atoms with Gasteiger partial charge in [-0.2, -0.15) is 8.78 Å². The van der Waals surface area contributed by atoms with Crippen LogP contribution in [0.2, 0.25) is 0 Å². The van der Waals surface area contributed by atoms with Crippen molar-refractivity contribution in [1.29, 1.82) is 0 Å². The van der Waals surface area contributed by atoms with E-state index < -0.39 is 30.3 Å². The molecule has 4 rings (SSSR count). The third-order valence-electron chi connectivity index (χ3n) is 5.63. The van der Waals surface area contributed by atoms with E-state index in [1.165, 1.54) is 11.0 Å². The number of hydrogen-bond acceptors (Lipinski definition) is 6. The molecule has 0 bridgehead atoms. The highest BCUT2D eigenvalue weighted by Crippen LogP contribution is 2.32. The highest BCUT2D eigenvalue weighted by Gasteiger charge is 2.34. The van der Waals surface area contributed by atoms with E-state index in [0.717, 1.165) is 17.8 Å². The quantitative estimate of drug-likeness (QED) is 0.614. The number of alkyl halides is 2. The highest BCUT2D eigenvalue weighted by molar-refractivity contribution is 7.80. The molecule has 8 nitrogen and oxygen atoms in total. The second-order valence-corrected chi connectivity index (χ2v) is 8.38. The number of rotatable bonds is 6. The molecule has 0 aromatic heterocycles. The number of benzene rings is 1. The molecular formula is C20H24F3N5O3S. The van der Waals surface area contributed by atoms with Crippen LogP contribution in [0.1, 0.15) is 12.8 Å². The van der Waals surface area contributed by atoms with Crippen molar-refractivity contribution in [2.24, 2.45) is 5.92 Å². The number of nitrogens with one attached hydrogen (secondary N) is 2. The molecule has 1 aromatic carbocycles. The maximum Gasteiger partial charge on any atom is 0.414 e. The van der Waals surface area contributed by atoms with E-state index in [9.17, 15) is 22.8 Å². The predicted molar refractivity (Wildman–Crippen MR) is 115 cm³/mol. The summed E-state index contributed by atoms with van der Waals surface area (Å²) in [5.41, 5.74) is 4.01. The number of hydrazine groups is 1. The normalized spacial score (nSPS) is 21.6. The average molecular weight is 472 g/mol. The number of hydrogen-bond donors (Lipinski definition) is 2. The smallest absolute Gasteiger partial charge is 0.414 e. The Morgan fingerprint density at radius 3 is 2.75 bits per heavy atom. The lowest BCUT2D eigenvalue weighted by Gasteiger charge is -2.25. The van der Waals surface area contributed by atoms with E-state index in [0.29, 0.717) is 43.5 Å². The molecule has 12 heteroatoms. The molecule has 1 saturated carbocycles. The minimum absolute atomic E-state index is 0.0162. The van der Waals surface area contributed by atoms with Crippen LogP contribution in [0.25, 0.3) is 0 Å². The number of carbonyl (C=O) groups excluding carboxylic acids is 2. The van der Waals surface area contributed by atoms with Crippen molar-refractivity contribution in [1.82, 2.24) is 15.8 Å². The SMILES string of the molecule is O=C(NC[C@H]1CN(c2ccc(N3CCNN(C(=S)C4CC4)CC3)c(F)c2)C(=O)O1)C(F)F. The molecule has 2 heterocycles. The fraction of sp³-hybridized carbons (Fsp3) is 0.550. The minimum atomic E-state index is -3.14. The first kappa shape index (κ1) is 22.6. The lowest BCUT2D eigenvalue weighted by Crippen LogP contribution is -2.43. The van der Waals surface area contributed by atoms with Crippen LogP contribution in [0.4, 0.5) is 29.3 Å². The largest absolute Gasteiger partial charge is 0.442 e. The molecule has 0 radical (unpaired) electrons. The minimum Gasteiger partial charge on any atom is -0.442 e. The second kappa shape index (κ2) is 9.49. The molecule has 174 valence electrons. The van der Waals surface area contributed by atoms with Crippen LogP contribution in [-0.2, 0) is 9.53 Å². The molecule has 3 aliphatic rings. The Hall–Kier alpha value is -2.60. The Morgan fingerprint density at radius 1 is 1.28 bits per heavy atom. The Kier molecular flexibility index (Phi) is 6.70. The molecule has 2 saturated heterocycles. The number of nitrogens with zero attached hydrogens (tertiary/aromatic N) is 3. The van der Waals surface area contributed by atoms with Crippen molar-refractivity contribution in [3.05, 3.63) is 24.0 Å². The first-order valence-electron chi connectivity index (χ1n) is 10.5. The summed E-state index contributed by atoms with van der Waals surface area (Å²) < 4.78 is 44.6. The number of thiocarbonyl (C=S) groups is 1. The molecule has 2 amide bonds. The number of anilines is 2. The van der Waals surface area contributed by atoms with Gasteiger partial charge in [0.25, 0.3) is 5.91 Å². The molecule has 32 heavy (non-hydrogen) atoms. The van der Waals surface area contributed by atoms with Crippen LogP contribution in [-0.4, -0.2) is 73.8 Å². The molecule has 3 fully saturated rings. The summed E-state index contributed by atoms with van der Waals surface area (Å²) in [4.78, 5) is 27.2. The van der Waals surface area contributed by atoms with Gasteiger partial charge in [0.05, 0.1) is 36.0 Å². The second-order valence-electron chi connectivity index (χ2n) is 7.96. The fourth-order valence-corrected chi connectivity index (χ4v) is 4.15. The van der Waals surface area contributed by atoms with Crippen LogP contribution in [0.5, 0.6) is 0 Å². The molecule has 2 aliphatic heterocycles. The van der Waals surface area contributed by atoms with Crippen LogP contribution in [0.3, 0.4) is 0 Å². The lowest BCUT2D eigenvalue weighted by molar-refractivity contribution is -0.132. The average Bonchev–Trinajstić information content (AvgIpc) is 3.57. The van der Waals surface area contributed by atoms with Crippen LogP contribution >= 0.6 is 12.2 Å². The maximum absolute atomic E-state index is 15.0. The van der Waals surface area contributed by atoms with Gasteiger partial charge >= 0.3 is 12.5 Å². The van der Waals surface area contributed by atoms with Gasteiger partial charge in [0.15, 0.2) is 0 Å². The summed E-state index contributed by atoms with van der Waals surface area (Å²) in [6.07, 6.45) is -2.43. The van der Waals surface area contributed by atoms with E-state index in [4.69, 9.17) is 17.0 Å². The predicted octanol–water partition coefficient (Wildman–Crippen LogP) is 1.90. The van der Waals surface area contributed by atoms with Crippen LogP contribution in [0.15, 0.2) is 18.2 Å². The maximum atomic E-state index is 15.0. The Bertz CT molecular complexity index is 901. The zero-order valence-corrected chi connectivity index (χ0v) is 18.0.